The number of hydrogen-bond acceptors (Lipinski definition) is 4. The van der Waals surface area contributed by atoms with Crippen molar-refractivity contribution >= 4 is 34.7 Å². The summed E-state index contributed by atoms with van der Waals surface area (Å²) in [6.07, 6.45) is 1.65. The van der Waals surface area contributed by atoms with Gasteiger partial charge in [0.1, 0.15) is 12.4 Å². The molecule has 0 saturated carbocycles. The summed E-state index contributed by atoms with van der Waals surface area (Å²) in [5.74, 6) is 0.989. The predicted octanol–water partition coefficient (Wildman–Crippen LogP) is 7.37. The highest BCUT2D eigenvalue weighted by Gasteiger charge is 2.28. The Labute approximate surface area is 226 Å². The Morgan fingerprint density at radius 3 is 2.18 bits per heavy atom. The molecule has 0 heterocycles. The van der Waals surface area contributed by atoms with Crippen molar-refractivity contribution in [1.29, 1.82) is 0 Å². The first kappa shape index (κ1) is 24.0. The molecule has 6 rings (SSSR count). The number of nitrogens with zero attached hydrogens (tertiary/aromatic N) is 1. The molecule has 5 aromatic carbocycles. The number of nitrogens with one attached hydrogen (secondary N) is 1. The largest absolute Gasteiger partial charge is 0.489 e. The van der Waals surface area contributed by atoms with Gasteiger partial charge >= 0.3 is 0 Å². The molecule has 0 bridgehead atoms. The van der Waals surface area contributed by atoms with Crippen molar-refractivity contribution in [3.8, 4) is 16.9 Å². The fraction of sp³-hybridized carbons (Fsp3) is 0.0909. The Kier molecular flexibility index (Phi) is 6.92. The molecule has 0 atom stereocenters. The van der Waals surface area contributed by atoms with Crippen LogP contribution in [0.25, 0.3) is 21.9 Å². The Bertz CT molecular complexity index is 1580. The van der Waals surface area contributed by atoms with E-state index in [2.05, 4.69) is 89.4 Å². The van der Waals surface area contributed by atoms with Gasteiger partial charge in [0.05, 0.1) is 17.2 Å². The van der Waals surface area contributed by atoms with Crippen LogP contribution < -0.4 is 10.2 Å². The van der Waals surface area contributed by atoms with Crippen LogP contribution in [0.4, 0.5) is 0 Å². The molecule has 5 heteroatoms. The first-order valence-corrected chi connectivity index (χ1v) is 13.6. The molecule has 186 valence electrons. The maximum atomic E-state index is 12.5. The molecule has 4 nitrogen and oxygen atoms in total. The minimum Gasteiger partial charge on any atom is -0.489 e. The van der Waals surface area contributed by atoms with Crippen LogP contribution in [-0.2, 0) is 11.4 Å². The molecule has 0 aliphatic heterocycles. The zero-order valence-corrected chi connectivity index (χ0v) is 21.5. The third-order valence-corrected chi connectivity index (χ3v) is 7.93. The molecule has 1 aliphatic rings. The summed E-state index contributed by atoms with van der Waals surface area (Å²) in [5.41, 5.74) is 9.70. The van der Waals surface area contributed by atoms with Crippen LogP contribution in [0.1, 0.15) is 27.5 Å². The summed E-state index contributed by atoms with van der Waals surface area (Å²) in [5, 5.41) is 6.73. The molecule has 1 amide bonds. The highest BCUT2D eigenvalue weighted by atomic mass is 32.2. The predicted molar refractivity (Wildman–Crippen MR) is 157 cm³/mol. The van der Waals surface area contributed by atoms with E-state index < -0.39 is 0 Å². The first-order valence-electron chi connectivity index (χ1n) is 12.6. The highest BCUT2D eigenvalue weighted by molar-refractivity contribution is 8.00. The molecule has 0 saturated heterocycles. The normalized spacial score (nSPS) is 12.4. The van der Waals surface area contributed by atoms with Crippen LogP contribution in [0.5, 0.6) is 5.75 Å². The third kappa shape index (κ3) is 5.20. The van der Waals surface area contributed by atoms with Gasteiger partial charge in [-0.1, -0.05) is 84.9 Å². The standard InChI is InChI=1S/C33H26N2O2S/c36-32(22-38-33-30-11-5-3-9-28(30)29-10-4-6-12-31(29)33)35-34-20-23-14-17-27(18-15-23)37-21-24-13-16-25-7-1-2-8-26(25)19-24/h1-20,33H,21-22H2,(H,35,36)/b34-20+. The molecule has 0 radical (unpaired) electrons. The van der Waals surface area contributed by atoms with Crippen LogP contribution in [0.3, 0.4) is 0 Å². The SMILES string of the molecule is O=C(CSC1c2ccccc2-c2ccccc21)N/N=C/c1ccc(OCc2ccc3ccccc3c2)cc1. The van der Waals surface area contributed by atoms with Crippen molar-refractivity contribution in [2.24, 2.45) is 5.10 Å². The summed E-state index contributed by atoms with van der Waals surface area (Å²) < 4.78 is 5.95. The molecule has 0 aromatic heterocycles. The molecule has 38 heavy (non-hydrogen) atoms. The Hall–Kier alpha value is -4.35. The summed E-state index contributed by atoms with van der Waals surface area (Å²) in [4.78, 5) is 12.5. The van der Waals surface area contributed by atoms with Crippen molar-refractivity contribution in [2.75, 3.05) is 5.75 Å². The number of rotatable bonds is 8. The van der Waals surface area contributed by atoms with E-state index in [1.807, 2.05) is 36.4 Å². The minimum absolute atomic E-state index is 0.122. The number of hydrazone groups is 1. The lowest BCUT2D eigenvalue weighted by atomic mass is 10.1. The monoisotopic (exact) mass is 514 g/mol. The van der Waals surface area contributed by atoms with Crippen molar-refractivity contribution in [3.63, 3.8) is 0 Å². The number of carbonyl (C=O) groups is 1. The van der Waals surface area contributed by atoms with Gasteiger partial charge in [0.15, 0.2) is 0 Å². The lowest BCUT2D eigenvalue weighted by Crippen LogP contribution is -2.20. The number of amides is 1. The van der Waals surface area contributed by atoms with Gasteiger partial charge in [0.2, 0.25) is 5.91 Å². The number of ether oxygens (including phenoxy) is 1. The molecule has 1 aliphatic carbocycles. The van der Waals surface area contributed by atoms with E-state index in [9.17, 15) is 4.79 Å². The third-order valence-electron chi connectivity index (χ3n) is 6.66. The maximum absolute atomic E-state index is 12.5. The summed E-state index contributed by atoms with van der Waals surface area (Å²) in [7, 11) is 0. The summed E-state index contributed by atoms with van der Waals surface area (Å²) in [6.45, 7) is 0.502. The topological polar surface area (TPSA) is 50.7 Å². The Balaban J connectivity index is 1.00. The fourth-order valence-electron chi connectivity index (χ4n) is 4.80. The molecule has 1 N–H and O–H groups in total. The number of benzene rings is 5. The second-order valence-corrected chi connectivity index (χ2v) is 10.3. The van der Waals surface area contributed by atoms with Crippen LogP contribution in [0.2, 0.25) is 0 Å². The maximum Gasteiger partial charge on any atom is 0.250 e. The Morgan fingerprint density at radius 2 is 1.45 bits per heavy atom. The first-order chi connectivity index (χ1) is 18.7. The highest BCUT2D eigenvalue weighted by Crippen LogP contribution is 2.49. The number of fused-ring (bicyclic) bond motifs is 4. The van der Waals surface area contributed by atoms with Gasteiger partial charge in [0, 0.05) is 0 Å². The summed E-state index contributed by atoms with van der Waals surface area (Å²) >= 11 is 1.63. The van der Waals surface area contributed by atoms with E-state index >= 15 is 0 Å². The fourth-order valence-corrected chi connectivity index (χ4v) is 5.96. The van der Waals surface area contributed by atoms with E-state index in [0.717, 1.165) is 16.9 Å². The van der Waals surface area contributed by atoms with Crippen molar-refractivity contribution in [2.45, 2.75) is 11.9 Å². The second kappa shape index (κ2) is 11.0. The van der Waals surface area contributed by atoms with Crippen LogP contribution in [0, 0.1) is 0 Å². The lowest BCUT2D eigenvalue weighted by molar-refractivity contribution is -0.118. The van der Waals surface area contributed by atoms with E-state index in [4.69, 9.17) is 4.74 Å². The number of carbonyl (C=O) groups excluding carboxylic acids is 1. The van der Waals surface area contributed by atoms with E-state index in [0.29, 0.717) is 12.4 Å². The molecule has 0 fully saturated rings. The van der Waals surface area contributed by atoms with Crippen molar-refractivity contribution in [3.05, 3.63) is 138 Å². The van der Waals surface area contributed by atoms with Gasteiger partial charge in [-0.05, 0) is 74.5 Å². The van der Waals surface area contributed by atoms with Crippen molar-refractivity contribution < 1.29 is 9.53 Å². The van der Waals surface area contributed by atoms with E-state index in [1.54, 1.807) is 18.0 Å². The van der Waals surface area contributed by atoms with Gasteiger partial charge in [-0.15, -0.1) is 11.8 Å². The minimum atomic E-state index is -0.122. The van der Waals surface area contributed by atoms with E-state index in [1.165, 1.54) is 33.0 Å². The van der Waals surface area contributed by atoms with Crippen LogP contribution in [0.15, 0.2) is 120 Å². The lowest BCUT2D eigenvalue weighted by Gasteiger charge is -2.12. The van der Waals surface area contributed by atoms with Gasteiger partial charge in [-0.25, -0.2) is 5.43 Å². The Morgan fingerprint density at radius 1 is 0.789 bits per heavy atom. The van der Waals surface area contributed by atoms with E-state index in [-0.39, 0.29) is 11.2 Å². The van der Waals surface area contributed by atoms with Gasteiger partial charge in [-0.2, -0.15) is 5.10 Å². The van der Waals surface area contributed by atoms with Crippen molar-refractivity contribution in [1.82, 2.24) is 5.43 Å². The van der Waals surface area contributed by atoms with Crippen LogP contribution >= 0.6 is 11.8 Å². The zero-order chi connectivity index (χ0) is 25.7. The van der Waals surface area contributed by atoms with Gasteiger partial charge < -0.3 is 4.74 Å². The molecular weight excluding hydrogens is 488 g/mol. The average molecular weight is 515 g/mol. The molecule has 0 unspecified atom stereocenters. The zero-order valence-electron chi connectivity index (χ0n) is 20.7. The second-order valence-electron chi connectivity index (χ2n) is 9.20. The smallest absolute Gasteiger partial charge is 0.250 e. The molecule has 5 aromatic rings. The molecular formula is C33H26N2O2S. The van der Waals surface area contributed by atoms with Crippen LogP contribution in [-0.4, -0.2) is 17.9 Å². The summed E-state index contributed by atoms with van der Waals surface area (Å²) in [6, 6.07) is 39.2. The van der Waals surface area contributed by atoms with Gasteiger partial charge in [-0.3, -0.25) is 4.79 Å². The average Bonchev–Trinajstić information content (AvgIpc) is 3.29. The quantitative estimate of drug-likeness (QED) is 0.174. The van der Waals surface area contributed by atoms with Gasteiger partial charge in [0.25, 0.3) is 0 Å². The molecule has 0 spiro atoms. The number of hydrogen-bond donors (Lipinski definition) is 1. The number of thioether (sulfide) groups is 1.